The van der Waals surface area contributed by atoms with Crippen LogP contribution in [0.2, 0.25) is 5.02 Å². The molecule has 1 N–H and O–H groups in total. The maximum absolute atomic E-state index is 13.1. The average Bonchev–Trinajstić information content (AvgIpc) is 3.56. The summed E-state index contributed by atoms with van der Waals surface area (Å²) in [6.07, 6.45) is 2.27. The molecule has 1 atom stereocenters. The zero-order chi connectivity index (χ0) is 26.0. The highest BCUT2D eigenvalue weighted by molar-refractivity contribution is 7.89. The first-order chi connectivity index (χ1) is 17.8. The first-order valence-corrected chi connectivity index (χ1v) is 15.3. The Kier molecular flexibility index (Phi) is 7.97. The largest absolute Gasteiger partial charge is 0.347 e. The molecule has 1 aromatic heterocycles. The van der Waals surface area contributed by atoms with Crippen LogP contribution < -0.4 is 5.32 Å². The summed E-state index contributed by atoms with van der Waals surface area (Å²) in [5, 5.41) is 6.31. The van der Waals surface area contributed by atoms with Gasteiger partial charge in [-0.2, -0.15) is 4.31 Å². The number of carbonyl (C=O) groups is 1. The maximum Gasteiger partial charge on any atom is 0.271 e. The van der Waals surface area contributed by atoms with E-state index in [1.165, 1.54) is 27.3 Å². The quantitative estimate of drug-likeness (QED) is 0.455. The van der Waals surface area contributed by atoms with Crippen LogP contribution in [0.3, 0.4) is 0 Å². The molecule has 3 heterocycles. The van der Waals surface area contributed by atoms with Crippen molar-refractivity contribution < 1.29 is 13.2 Å². The number of carbonyl (C=O) groups excluding carboxylic acids is 1. The number of amides is 1. The predicted molar refractivity (Wildman–Crippen MR) is 147 cm³/mol. The van der Waals surface area contributed by atoms with Crippen molar-refractivity contribution in [1.82, 2.24) is 19.5 Å². The molecule has 2 fully saturated rings. The van der Waals surface area contributed by atoms with Crippen LogP contribution in [0.5, 0.6) is 0 Å². The van der Waals surface area contributed by atoms with Gasteiger partial charge in [0.15, 0.2) is 0 Å². The molecule has 0 radical (unpaired) electrons. The average molecular weight is 559 g/mol. The highest BCUT2D eigenvalue weighted by Gasteiger charge is 2.32. The number of nitrogens with one attached hydrogen (secondary N) is 1. The zero-order valence-corrected chi connectivity index (χ0v) is 23.2. The fraction of sp³-hybridized carbons (Fsp3) is 0.407. The number of thiazole rings is 1. The number of hydrogen-bond donors (Lipinski definition) is 1. The van der Waals surface area contributed by atoms with Crippen LogP contribution >= 0.6 is 22.9 Å². The summed E-state index contributed by atoms with van der Waals surface area (Å²) in [7, 11) is -3.59. The first kappa shape index (κ1) is 26.3. The Balaban J connectivity index is 1.13. The van der Waals surface area contributed by atoms with Gasteiger partial charge >= 0.3 is 0 Å². The molecule has 37 heavy (non-hydrogen) atoms. The molecule has 0 bridgehead atoms. The number of likely N-dealkylation sites (tertiary alicyclic amines) is 1. The molecule has 3 aromatic rings. The summed E-state index contributed by atoms with van der Waals surface area (Å²) < 4.78 is 27.7. The van der Waals surface area contributed by atoms with Crippen LogP contribution in [0.1, 0.15) is 51.8 Å². The van der Waals surface area contributed by atoms with Crippen LogP contribution in [0.4, 0.5) is 0 Å². The minimum absolute atomic E-state index is 0.116. The Morgan fingerprint density at radius 2 is 1.86 bits per heavy atom. The SMILES string of the molecule is Cc1ccc(S(=O)(=O)N2CCC(c3nc(C(=O)NC4CCN(Cc5ccccc5)C4)cs3)CC2)cc1Cl. The lowest BCUT2D eigenvalue weighted by Crippen LogP contribution is -2.38. The number of halogens is 1. The Bertz CT molecular complexity index is 1350. The molecule has 2 saturated heterocycles. The van der Waals surface area contributed by atoms with Gasteiger partial charge in [0.25, 0.3) is 5.91 Å². The van der Waals surface area contributed by atoms with Gasteiger partial charge in [-0.1, -0.05) is 48.0 Å². The number of aryl methyl sites for hydroxylation is 1. The molecule has 10 heteroatoms. The molecule has 5 rings (SSSR count). The highest BCUT2D eigenvalue weighted by atomic mass is 35.5. The lowest BCUT2D eigenvalue weighted by molar-refractivity contribution is 0.0933. The maximum atomic E-state index is 13.1. The normalized spacial score (nSPS) is 19.8. The first-order valence-electron chi connectivity index (χ1n) is 12.6. The fourth-order valence-electron chi connectivity index (χ4n) is 5.00. The lowest BCUT2D eigenvalue weighted by Gasteiger charge is -2.30. The molecule has 0 spiro atoms. The molecule has 1 amide bonds. The Hall–Kier alpha value is -2.30. The summed E-state index contributed by atoms with van der Waals surface area (Å²) in [6, 6.07) is 15.4. The van der Waals surface area contributed by atoms with Crippen molar-refractivity contribution in [1.29, 1.82) is 0 Å². The molecule has 2 aliphatic heterocycles. The van der Waals surface area contributed by atoms with Crippen molar-refractivity contribution in [3.8, 4) is 0 Å². The van der Waals surface area contributed by atoms with Gasteiger partial charge in [-0.3, -0.25) is 9.69 Å². The molecule has 2 aromatic carbocycles. The van der Waals surface area contributed by atoms with E-state index < -0.39 is 10.0 Å². The Labute approximate surface area is 227 Å². The number of nitrogens with zero attached hydrogens (tertiary/aromatic N) is 3. The number of aromatic nitrogens is 1. The third-order valence-electron chi connectivity index (χ3n) is 7.20. The third-order valence-corrected chi connectivity index (χ3v) is 10.5. The Morgan fingerprint density at radius 1 is 1.11 bits per heavy atom. The van der Waals surface area contributed by atoms with E-state index in [0.29, 0.717) is 36.6 Å². The molecule has 0 aliphatic carbocycles. The predicted octanol–water partition coefficient (Wildman–Crippen LogP) is 4.68. The van der Waals surface area contributed by atoms with E-state index in [-0.39, 0.29) is 22.8 Å². The summed E-state index contributed by atoms with van der Waals surface area (Å²) in [5.41, 5.74) is 2.58. The topological polar surface area (TPSA) is 82.6 Å². The molecule has 7 nitrogen and oxygen atoms in total. The summed E-state index contributed by atoms with van der Waals surface area (Å²) >= 11 is 7.64. The Morgan fingerprint density at radius 3 is 2.59 bits per heavy atom. The van der Waals surface area contributed by atoms with E-state index in [0.717, 1.165) is 36.6 Å². The van der Waals surface area contributed by atoms with E-state index in [2.05, 4.69) is 27.3 Å². The van der Waals surface area contributed by atoms with Gasteiger partial charge in [0, 0.05) is 55.1 Å². The van der Waals surface area contributed by atoms with E-state index in [1.807, 2.05) is 30.5 Å². The monoisotopic (exact) mass is 558 g/mol. The summed E-state index contributed by atoms with van der Waals surface area (Å²) in [5.74, 6) is 0.0118. The molecule has 196 valence electrons. The van der Waals surface area contributed by atoms with Crippen molar-refractivity contribution in [2.45, 2.75) is 49.6 Å². The second-order valence-corrected chi connectivity index (χ2v) is 13.1. The molecular weight excluding hydrogens is 528 g/mol. The minimum Gasteiger partial charge on any atom is -0.347 e. The zero-order valence-electron chi connectivity index (χ0n) is 20.8. The van der Waals surface area contributed by atoms with Crippen molar-refractivity contribution in [3.05, 3.63) is 80.8 Å². The number of piperidine rings is 1. The van der Waals surface area contributed by atoms with Crippen LogP contribution in [0.25, 0.3) is 0 Å². The van der Waals surface area contributed by atoms with Crippen LogP contribution in [0.15, 0.2) is 58.8 Å². The molecule has 2 aliphatic rings. The molecular formula is C27H31ClN4O3S2. The number of benzene rings is 2. The van der Waals surface area contributed by atoms with Crippen LogP contribution in [-0.4, -0.2) is 60.7 Å². The van der Waals surface area contributed by atoms with Gasteiger partial charge in [-0.05, 0) is 49.4 Å². The summed E-state index contributed by atoms with van der Waals surface area (Å²) in [4.78, 5) is 20.1. The van der Waals surface area contributed by atoms with E-state index >= 15 is 0 Å². The second kappa shape index (κ2) is 11.2. The lowest BCUT2D eigenvalue weighted by atomic mass is 9.99. The third kappa shape index (κ3) is 6.07. The number of hydrogen-bond acceptors (Lipinski definition) is 6. The van der Waals surface area contributed by atoms with Crippen LogP contribution in [-0.2, 0) is 16.6 Å². The minimum atomic E-state index is -3.59. The van der Waals surface area contributed by atoms with E-state index in [9.17, 15) is 13.2 Å². The van der Waals surface area contributed by atoms with Gasteiger partial charge in [0.2, 0.25) is 10.0 Å². The van der Waals surface area contributed by atoms with Crippen molar-refractivity contribution >= 4 is 38.9 Å². The number of rotatable bonds is 7. The van der Waals surface area contributed by atoms with E-state index in [1.54, 1.807) is 12.1 Å². The van der Waals surface area contributed by atoms with Gasteiger partial charge in [0.1, 0.15) is 5.69 Å². The standard InChI is InChI=1S/C27H31ClN4O3S2/c1-19-7-8-23(15-24(19)28)37(34,35)32-13-9-21(10-14-32)27-30-25(18-36-27)26(33)29-22-11-12-31(17-22)16-20-5-3-2-4-6-20/h2-8,15,18,21-22H,9-14,16-17H2,1H3,(H,29,33). The second-order valence-electron chi connectivity index (χ2n) is 9.84. The van der Waals surface area contributed by atoms with Crippen molar-refractivity contribution in [2.24, 2.45) is 0 Å². The molecule has 0 saturated carbocycles. The van der Waals surface area contributed by atoms with E-state index in [4.69, 9.17) is 11.6 Å². The van der Waals surface area contributed by atoms with Crippen LogP contribution in [0, 0.1) is 6.92 Å². The smallest absolute Gasteiger partial charge is 0.271 e. The summed E-state index contributed by atoms with van der Waals surface area (Å²) in [6.45, 7) is 5.35. The van der Waals surface area contributed by atoms with Crippen molar-refractivity contribution in [2.75, 3.05) is 26.2 Å². The van der Waals surface area contributed by atoms with Gasteiger partial charge < -0.3 is 5.32 Å². The van der Waals surface area contributed by atoms with Gasteiger partial charge in [-0.25, -0.2) is 13.4 Å². The molecule has 1 unspecified atom stereocenters. The fourth-order valence-corrected chi connectivity index (χ4v) is 7.71. The van der Waals surface area contributed by atoms with Crippen molar-refractivity contribution in [3.63, 3.8) is 0 Å². The highest BCUT2D eigenvalue weighted by Crippen LogP contribution is 2.33. The van der Waals surface area contributed by atoms with Gasteiger partial charge in [0.05, 0.1) is 9.90 Å². The number of sulfonamides is 1. The van der Waals surface area contributed by atoms with Gasteiger partial charge in [-0.15, -0.1) is 11.3 Å².